The van der Waals surface area contributed by atoms with Crippen LogP contribution in [0.15, 0.2) is 57.0 Å². The number of nitrogens with zero attached hydrogens (tertiary/aromatic N) is 2. The van der Waals surface area contributed by atoms with Gasteiger partial charge in [-0.05, 0) is 24.3 Å². The smallest absolute Gasteiger partial charge is 0.262 e. The highest BCUT2D eigenvalue weighted by Gasteiger charge is 2.14. The second-order valence-corrected chi connectivity index (χ2v) is 6.46. The van der Waals surface area contributed by atoms with Crippen LogP contribution in [-0.2, 0) is 16.1 Å². The molecular formula is C18H19N3O4S. The molecule has 0 aliphatic carbocycles. The lowest BCUT2D eigenvalue weighted by Gasteiger charge is -2.12. The van der Waals surface area contributed by atoms with Crippen molar-refractivity contribution in [2.75, 3.05) is 26.0 Å². The molecule has 2 aromatic heterocycles. The average molecular weight is 373 g/mol. The number of amides is 1. The molecule has 0 aliphatic heterocycles. The molecule has 1 N–H and O–H groups in total. The number of nitrogens with one attached hydrogen (secondary N) is 1. The average Bonchev–Trinajstić information content (AvgIpc) is 3.16. The normalized spacial score (nSPS) is 11.0. The largest absolute Gasteiger partial charge is 0.467 e. The Labute approximate surface area is 154 Å². The Balaban J connectivity index is 1.87. The van der Waals surface area contributed by atoms with E-state index in [9.17, 15) is 9.59 Å². The first-order chi connectivity index (χ1) is 12.7. The molecule has 0 radical (unpaired) electrons. The maximum Gasteiger partial charge on any atom is 0.262 e. The monoisotopic (exact) mass is 373 g/mol. The lowest BCUT2D eigenvalue weighted by molar-refractivity contribution is -0.118. The van der Waals surface area contributed by atoms with Crippen molar-refractivity contribution < 1.29 is 13.9 Å². The first-order valence-electron chi connectivity index (χ1n) is 8.09. The van der Waals surface area contributed by atoms with E-state index in [4.69, 9.17) is 9.15 Å². The second-order valence-electron chi connectivity index (χ2n) is 5.51. The van der Waals surface area contributed by atoms with Gasteiger partial charge in [-0.2, -0.15) is 0 Å². The second kappa shape index (κ2) is 8.68. The van der Waals surface area contributed by atoms with Gasteiger partial charge in [-0.3, -0.25) is 14.2 Å². The van der Waals surface area contributed by atoms with Crippen molar-refractivity contribution in [2.45, 2.75) is 11.7 Å². The van der Waals surface area contributed by atoms with Gasteiger partial charge < -0.3 is 14.5 Å². The Morgan fingerprint density at radius 1 is 1.31 bits per heavy atom. The minimum absolute atomic E-state index is 0.140. The number of hydrogen-bond acceptors (Lipinski definition) is 6. The Bertz CT molecular complexity index is 937. The molecule has 136 valence electrons. The van der Waals surface area contributed by atoms with E-state index in [0.29, 0.717) is 35.0 Å². The summed E-state index contributed by atoms with van der Waals surface area (Å²) in [6.45, 7) is 1.16. The molecule has 0 bridgehead atoms. The summed E-state index contributed by atoms with van der Waals surface area (Å²) < 4.78 is 11.8. The molecule has 0 unspecified atom stereocenters. The summed E-state index contributed by atoms with van der Waals surface area (Å²) in [5, 5.41) is 3.77. The lowest BCUT2D eigenvalue weighted by Crippen LogP contribution is -2.29. The van der Waals surface area contributed by atoms with E-state index in [0.717, 1.165) is 0 Å². The highest BCUT2D eigenvalue weighted by Crippen LogP contribution is 2.19. The van der Waals surface area contributed by atoms with Gasteiger partial charge in [-0.1, -0.05) is 23.9 Å². The van der Waals surface area contributed by atoms with Gasteiger partial charge in [-0.15, -0.1) is 0 Å². The molecule has 0 aliphatic rings. The van der Waals surface area contributed by atoms with Gasteiger partial charge in [0.25, 0.3) is 5.56 Å². The first kappa shape index (κ1) is 18.2. The standard InChI is InChI=1S/C18H19N3O4S/c1-24-10-8-19-16(22)12-26-18-20-15-7-3-2-6-14(15)17(23)21(18)11-13-5-4-9-25-13/h2-7,9H,8,10-12H2,1H3,(H,19,22). The Morgan fingerprint density at radius 3 is 2.92 bits per heavy atom. The predicted molar refractivity (Wildman–Crippen MR) is 99.4 cm³/mol. The Kier molecular flexibility index (Phi) is 6.08. The van der Waals surface area contributed by atoms with Crippen molar-refractivity contribution in [1.29, 1.82) is 0 Å². The van der Waals surface area contributed by atoms with Gasteiger partial charge in [0, 0.05) is 13.7 Å². The number of benzene rings is 1. The maximum absolute atomic E-state index is 12.9. The van der Waals surface area contributed by atoms with Crippen LogP contribution in [0.5, 0.6) is 0 Å². The van der Waals surface area contributed by atoms with Gasteiger partial charge in [-0.25, -0.2) is 4.98 Å². The molecular weight excluding hydrogens is 354 g/mol. The van der Waals surface area contributed by atoms with E-state index in [1.807, 2.05) is 6.07 Å². The molecule has 3 aromatic rings. The molecule has 3 rings (SSSR count). The SMILES string of the molecule is COCCNC(=O)CSc1nc2ccccc2c(=O)n1Cc1ccco1. The zero-order valence-electron chi connectivity index (χ0n) is 14.3. The summed E-state index contributed by atoms with van der Waals surface area (Å²) in [7, 11) is 1.58. The molecule has 26 heavy (non-hydrogen) atoms. The Hall–Kier alpha value is -2.58. The number of methoxy groups -OCH3 is 1. The topological polar surface area (TPSA) is 86.4 Å². The molecule has 0 fully saturated rings. The highest BCUT2D eigenvalue weighted by molar-refractivity contribution is 7.99. The number of rotatable bonds is 8. The molecule has 0 saturated heterocycles. The van der Waals surface area contributed by atoms with Crippen LogP contribution < -0.4 is 10.9 Å². The quantitative estimate of drug-likeness (QED) is 0.369. The van der Waals surface area contributed by atoms with Crippen LogP contribution in [0.25, 0.3) is 10.9 Å². The van der Waals surface area contributed by atoms with Crippen molar-refractivity contribution in [2.24, 2.45) is 0 Å². The number of ether oxygens (including phenoxy) is 1. The number of hydrogen-bond donors (Lipinski definition) is 1. The highest BCUT2D eigenvalue weighted by atomic mass is 32.2. The molecule has 0 atom stereocenters. The fraction of sp³-hybridized carbons (Fsp3) is 0.278. The van der Waals surface area contributed by atoms with Gasteiger partial charge >= 0.3 is 0 Å². The number of aromatic nitrogens is 2. The van der Waals surface area contributed by atoms with Crippen molar-refractivity contribution in [1.82, 2.24) is 14.9 Å². The maximum atomic E-state index is 12.9. The Morgan fingerprint density at radius 2 is 2.15 bits per heavy atom. The van der Waals surface area contributed by atoms with Crippen LogP contribution in [0.3, 0.4) is 0 Å². The van der Waals surface area contributed by atoms with E-state index in [1.54, 1.807) is 43.7 Å². The van der Waals surface area contributed by atoms with Gasteiger partial charge in [0.05, 0.1) is 36.1 Å². The first-order valence-corrected chi connectivity index (χ1v) is 9.08. The molecule has 1 amide bonds. The van der Waals surface area contributed by atoms with E-state index in [2.05, 4.69) is 10.3 Å². The van der Waals surface area contributed by atoms with Crippen LogP contribution in [0.2, 0.25) is 0 Å². The van der Waals surface area contributed by atoms with Crippen LogP contribution in [0, 0.1) is 0 Å². The molecule has 0 spiro atoms. The van der Waals surface area contributed by atoms with E-state index >= 15 is 0 Å². The van der Waals surface area contributed by atoms with Crippen LogP contribution in [-0.4, -0.2) is 41.5 Å². The zero-order valence-corrected chi connectivity index (χ0v) is 15.1. The van der Waals surface area contributed by atoms with E-state index in [-0.39, 0.29) is 23.8 Å². The third kappa shape index (κ3) is 4.33. The fourth-order valence-corrected chi connectivity index (χ4v) is 3.26. The molecule has 8 heteroatoms. The number of para-hydroxylation sites is 1. The number of carbonyl (C=O) groups is 1. The minimum atomic E-state index is -0.158. The molecule has 2 heterocycles. The third-order valence-corrected chi connectivity index (χ3v) is 4.66. The van der Waals surface area contributed by atoms with Gasteiger partial charge in [0.2, 0.25) is 5.91 Å². The number of carbonyl (C=O) groups excluding carboxylic acids is 1. The molecule has 0 saturated carbocycles. The van der Waals surface area contributed by atoms with Crippen molar-refractivity contribution in [3.63, 3.8) is 0 Å². The zero-order chi connectivity index (χ0) is 18.4. The van der Waals surface area contributed by atoms with Crippen LogP contribution >= 0.6 is 11.8 Å². The van der Waals surface area contributed by atoms with Crippen molar-refractivity contribution >= 4 is 28.6 Å². The lowest BCUT2D eigenvalue weighted by atomic mass is 10.2. The van der Waals surface area contributed by atoms with E-state index in [1.165, 1.54) is 16.3 Å². The summed E-state index contributed by atoms with van der Waals surface area (Å²) >= 11 is 1.22. The summed E-state index contributed by atoms with van der Waals surface area (Å²) in [5.74, 6) is 0.668. The van der Waals surface area contributed by atoms with E-state index < -0.39 is 0 Å². The van der Waals surface area contributed by atoms with Gasteiger partial charge in [0.15, 0.2) is 5.16 Å². The molecule has 7 nitrogen and oxygen atoms in total. The molecule has 1 aromatic carbocycles. The summed E-state index contributed by atoms with van der Waals surface area (Å²) in [4.78, 5) is 29.4. The minimum Gasteiger partial charge on any atom is -0.467 e. The van der Waals surface area contributed by atoms with Crippen LogP contribution in [0.4, 0.5) is 0 Å². The van der Waals surface area contributed by atoms with Gasteiger partial charge in [0.1, 0.15) is 5.76 Å². The summed E-state index contributed by atoms with van der Waals surface area (Å²) in [6, 6.07) is 10.7. The third-order valence-electron chi connectivity index (χ3n) is 3.68. The fourth-order valence-electron chi connectivity index (χ4n) is 2.43. The predicted octanol–water partition coefficient (Wildman–Crippen LogP) is 1.89. The summed E-state index contributed by atoms with van der Waals surface area (Å²) in [5.41, 5.74) is 0.449. The number of fused-ring (bicyclic) bond motifs is 1. The number of furan rings is 1. The van der Waals surface area contributed by atoms with Crippen LogP contribution in [0.1, 0.15) is 5.76 Å². The number of thioether (sulfide) groups is 1. The summed E-state index contributed by atoms with van der Waals surface area (Å²) in [6.07, 6.45) is 1.56. The van der Waals surface area contributed by atoms with Crippen molar-refractivity contribution in [3.05, 3.63) is 58.8 Å². The van der Waals surface area contributed by atoms with Crippen molar-refractivity contribution in [3.8, 4) is 0 Å².